The molecule has 2 aliphatic rings. The third kappa shape index (κ3) is 3.37. The highest BCUT2D eigenvalue weighted by molar-refractivity contribution is 5.90. The number of nitrogens with one attached hydrogen (secondary N) is 1. The Balaban J connectivity index is 1.55. The highest BCUT2D eigenvalue weighted by Gasteiger charge is 2.40. The van der Waals surface area contributed by atoms with Crippen molar-refractivity contribution in [1.29, 1.82) is 0 Å². The summed E-state index contributed by atoms with van der Waals surface area (Å²) in [5.41, 5.74) is 0.782. The smallest absolute Gasteiger partial charge is 0.252 e. The minimum Gasteiger partial charge on any atom is -0.310 e. The molecule has 0 aromatic carbocycles. The molecule has 1 amide bonds. The Morgan fingerprint density at radius 2 is 2.00 bits per heavy atom. The first-order chi connectivity index (χ1) is 12.4. The molecule has 6 heteroatoms. The van der Waals surface area contributed by atoms with E-state index in [4.69, 9.17) is 0 Å². The van der Waals surface area contributed by atoms with Crippen molar-refractivity contribution < 1.29 is 4.79 Å². The average Bonchev–Trinajstić information content (AvgIpc) is 3.30. The van der Waals surface area contributed by atoms with E-state index >= 15 is 0 Å². The predicted molar refractivity (Wildman–Crippen MR) is 100 cm³/mol. The van der Waals surface area contributed by atoms with E-state index in [2.05, 4.69) is 41.2 Å². The number of rotatable bonds is 4. The first kappa shape index (κ1) is 17.2. The first-order valence-corrected chi connectivity index (χ1v) is 9.58. The minimum absolute atomic E-state index is 0.0695. The maximum absolute atomic E-state index is 12.7. The molecule has 2 saturated carbocycles. The van der Waals surface area contributed by atoms with Crippen molar-refractivity contribution >= 4 is 11.7 Å². The monoisotopic (exact) mass is 353 g/mol. The lowest BCUT2D eigenvalue weighted by atomic mass is 9.86. The van der Waals surface area contributed by atoms with Gasteiger partial charge in [0.1, 0.15) is 5.82 Å². The van der Waals surface area contributed by atoms with E-state index in [1.165, 1.54) is 25.7 Å². The molecule has 138 valence electrons. The molecule has 2 heterocycles. The number of amides is 1. The Kier molecular flexibility index (Phi) is 4.29. The molecule has 3 atom stereocenters. The molecule has 0 saturated heterocycles. The van der Waals surface area contributed by atoms with E-state index in [0.717, 1.165) is 17.5 Å². The van der Waals surface area contributed by atoms with Crippen LogP contribution >= 0.6 is 0 Å². The Labute approximate surface area is 154 Å². The van der Waals surface area contributed by atoms with Crippen LogP contribution in [0.1, 0.15) is 58.6 Å². The van der Waals surface area contributed by atoms with Gasteiger partial charge in [-0.1, -0.05) is 27.2 Å². The summed E-state index contributed by atoms with van der Waals surface area (Å²) in [6.07, 6.45) is 9.16. The number of aromatic nitrogens is 4. The molecule has 2 aromatic heterocycles. The molecular formula is C20H27N5O. The van der Waals surface area contributed by atoms with Crippen LogP contribution in [0.3, 0.4) is 0 Å². The molecule has 6 nitrogen and oxygen atoms in total. The molecule has 0 aliphatic heterocycles. The third-order valence-corrected chi connectivity index (χ3v) is 5.82. The van der Waals surface area contributed by atoms with Crippen LogP contribution in [0.25, 0.3) is 5.95 Å². The van der Waals surface area contributed by atoms with Gasteiger partial charge >= 0.3 is 0 Å². The lowest BCUT2D eigenvalue weighted by Gasteiger charge is -2.20. The average molecular weight is 353 g/mol. The van der Waals surface area contributed by atoms with E-state index in [9.17, 15) is 4.79 Å². The molecular weight excluding hydrogens is 326 g/mol. The summed E-state index contributed by atoms with van der Waals surface area (Å²) in [7, 11) is 0. The Bertz CT molecular complexity index is 792. The first-order valence-electron chi connectivity index (χ1n) is 9.58. The fraction of sp³-hybridized carbons (Fsp3) is 0.600. The Morgan fingerprint density at radius 1 is 1.23 bits per heavy atom. The summed E-state index contributed by atoms with van der Waals surface area (Å²) in [5, 5.41) is 7.72. The number of nitrogens with zero attached hydrogens (tertiary/aromatic N) is 4. The zero-order valence-corrected chi connectivity index (χ0v) is 15.8. The van der Waals surface area contributed by atoms with Crippen LogP contribution in [-0.2, 0) is 10.2 Å². The van der Waals surface area contributed by atoms with Crippen LogP contribution in [-0.4, -0.2) is 25.7 Å². The van der Waals surface area contributed by atoms with E-state index < -0.39 is 0 Å². The Hall–Kier alpha value is -2.24. The number of anilines is 1. The van der Waals surface area contributed by atoms with Crippen molar-refractivity contribution in [2.75, 3.05) is 5.32 Å². The minimum atomic E-state index is -0.121. The Morgan fingerprint density at radius 3 is 2.62 bits per heavy atom. The van der Waals surface area contributed by atoms with Crippen molar-refractivity contribution in [3.63, 3.8) is 0 Å². The van der Waals surface area contributed by atoms with Gasteiger partial charge in [-0.25, -0.2) is 9.97 Å². The van der Waals surface area contributed by atoms with E-state index in [0.29, 0.717) is 24.1 Å². The molecule has 26 heavy (non-hydrogen) atoms. The topological polar surface area (TPSA) is 72.7 Å². The third-order valence-electron chi connectivity index (χ3n) is 5.82. The SMILES string of the molecule is CC(C)(C)c1cc(NC(=O)CC2CC3CCC2C3)n(-c2ncccn2)n1. The number of carbonyl (C=O) groups is 1. The predicted octanol–water partition coefficient (Wildman–Crippen LogP) is 3.72. The summed E-state index contributed by atoms with van der Waals surface area (Å²) in [5.74, 6) is 3.33. The van der Waals surface area contributed by atoms with Gasteiger partial charge in [0.15, 0.2) is 0 Å². The van der Waals surface area contributed by atoms with Crippen molar-refractivity contribution in [2.45, 2.75) is 58.3 Å². The molecule has 0 spiro atoms. The molecule has 0 radical (unpaired) electrons. The summed E-state index contributed by atoms with van der Waals surface area (Å²) in [6, 6.07) is 3.71. The van der Waals surface area contributed by atoms with E-state index in [1.54, 1.807) is 23.1 Å². The summed E-state index contributed by atoms with van der Waals surface area (Å²) < 4.78 is 1.64. The highest BCUT2D eigenvalue weighted by Crippen LogP contribution is 2.49. The fourth-order valence-corrected chi connectivity index (χ4v) is 4.45. The van der Waals surface area contributed by atoms with Gasteiger partial charge in [-0.2, -0.15) is 9.78 Å². The van der Waals surface area contributed by atoms with Crippen LogP contribution in [0, 0.1) is 17.8 Å². The second kappa shape index (κ2) is 6.49. The number of hydrogen-bond donors (Lipinski definition) is 1. The second-order valence-corrected chi connectivity index (χ2v) is 8.81. The van der Waals surface area contributed by atoms with Crippen LogP contribution in [0.4, 0.5) is 5.82 Å². The zero-order valence-electron chi connectivity index (χ0n) is 15.8. The van der Waals surface area contributed by atoms with Gasteiger partial charge < -0.3 is 5.32 Å². The van der Waals surface area contributed by atoms with Crippen molar-refractivity contribution in [2.24, 2.45) is 17.8 Å². The van der Waals surface area contributed by atoms with Crippen molar-refractivity contribution in [3.05, 3.63) is 30.2 Å². The van der Waals surface area contributed by atoms with Crippen molar-refractivity contribution in [1.82, 2.24) is 19.7 Å². The van der Waals surface area contributed by atoms with Gasteiger partial charge in [-0.3, -0.25) is 4.79 Å². The van der Waals surface area contributed by atoms with Gasteiger partial charge in [0.25, 0.3) is 5.95 Å². The maximum atomic E-state index is 12.7. The van der Waals surface area contributed by atoms with Gasteiger partial charge in [0.05, 0.1) is 5.69 Å². The maximum Gasteiger partial charge on any atom is 0.252 e. The van der Waals surface area contributed by atoms with Gasteiger partial charge in [0, 0.05) is 30.3 Å². The van der Waals surface area contributed by atoms with Crippen LogP contribution in [0.5, 0.6) is 0 Å². The van der Waals surface area contributed by atoms with Crippen molar-refractivity contribution in [3.8, 4) is 5.95 Å². The number of hydrogen-bond acceptors (Lipinski definition) is 4. The fourth-order valence-electron chi connectivity index (χ4n) is 4.45. The normalized spacial score (nSPS) is 24.8. The molecule has 1 N–H and O–H groups in total. The molecule has 4 rings (SSSR count). The van der Waals surface area contributed by atoms with Crippen LogP contribution < -0.4 is 5.32 Å². The molecule has 2 fully saturated rings. The quantitative estimate of drug-likeness (QED) is 0.909. The molecule has 2 aromatic rings. The van der Waals surface area contributed by atoms with Gasteiger partial charge in [-0.05, 0) is 43.1 Å². The molecule has 2 bridgehead atoms. The summed E-state index contributed by atoms with van der Waals surface area (Å²) >= 11 is 0. The zero-order chi connectivity index (χ0) is 18.3. The van der Waals surface area contributed by atoms with E-state index in [1.807, 2.05) is 6.07 Å². The largest absolute Gasteiger partial charge is 0.310 e. The summed E-state index contributed by atoms with van der Waals surface area (Å²) in [6.45, 7) is 6.31. The highest BCUT2D eigenvalue weighted by atomic mass is 16.1. The molecule has 2 aliphatic carbocycles. The standard InChI is InChI=1S/C20H27N5O/c1-20(2,3)16-12-17(25(24-16)19-21-7-4-8-22-19)23-18(26)11-15-10-13-5-6-14(15)9-13/h4,7-8,12-15H,5-6,9-11H2,1-3H3,(H,23,26). The lowest BCUT2D eigenvalue weighted by molar-refractivity contribution is -0.117. The summed E-state index contributed by atoms with van der Waals surface area (Å²) in [4.78, 5) is 21.3. The van der Waals surface area contributed by atoms with Crippen LogP contribution in [0.15, 0.2) is 24.5 Å². The molecule has 3 unspecified atom stereocenters. The van der Waals surface area contributed by atoms with Crippen LogP contribution in [0.2, 0.25) is 0 Å². The van der Waals surface area contributed by atoms with Gasteiger partial charge in [-0.15, -0.1) is 0 Å². The second-order valence-electron chi connectivity index (χ2n) is 8.81. The van der Waals surface area contributed by atoms with Gasteiger partial charge in [0.2, 0.25) is 5.91 Å². The lowest BCUT2D eigenvalue weighted by Crippen LogP contribution is -2.21. The van der Waals surface area contributed by atoms with E-state index in [-0.39, 0.29) is 11.3 Å². The number of carbonyl (C=O) groups excluding carboxylic acids is 1. The number of fused-ring (bicyclic) bond motifs is 2.